The number of benzene rings is 7. The summed E-state index contributed by atoms with van der Waals surface area (Å²) in [6.07, 6.45) is 51.8. The number of anilines is 1. The molecule has 7 aromatic carbocycles. The molecule has 0 saturated carbocycles. The molecule has 0 radical (unpaired) electrons. The molecule has 21 rings (SSSR count). The van der Waals surface area contributed by atoms with E-state index in [0.29, 0.717) is 85.4 Å². The van der Waals surface area contributed by atoms with Crippen LogP contribution in [0, 0.1) is 23.6 Å². The number of halogens is 8. The maximum absolute atomic E-state index is 17.9. The standard InChI is InChI=1S/C114H96F8N2O3/c1-3-69-13-49-89(50-14-69)125-91-53-31-79(32-54-91)113(77-27-39-83(117)40-28-77)101-11-7-5-9-93(101)95-57-25-75(61-103(95)113)71-21-43-85(44-22-71)123(109-67-105(119)99(65-107(109)121)73-17-35-81(115)36-18-73)87-47-59-97-98-60-48-88(64-112(98)127-111(97)63-87)124(110-68-106(120)100(66-108(110)122)74-19-37-82(116)38-20-74)86-45-23-72(24-46-86)76-26-58-96-94-10-6-8-12-102(94)114(104(96)62-76,78-29-41-84(118)42-30-78)80-33-55-92(56-34-80)126-90-51-15-70(4-2)16-52-90/h3-19,21,26-27,29-31,33-37,39-41,43,45,47-56,58-63,65,68,72,77,79,84,88,94,98,102,108-109,112H,1-2,20,22-25,28,32,38,42,44,46,57,64,66-67H2. The van der Waals surface area contributed by atoms with Gasteiger partial charge in [0.1, 0.15) is 82.2 Å². The molecule has 13 heteroatoms. The highest BCUT2D eigenvalue weighted by Crippen LogP contribution is 2.64. The molecule has 127 heavy (non-hydrogen) atoms. The summed E-state index contributed by atoms with van der Waals surface area (Å²) in [5.41, 5.74) is 18.3. The van der Waals surface area contributed by atoms with Gasteiger partial charge in [0.25, 0.3) is 0 Å². The zero-order valence-corrected chi connectivity index (χ0v) is 70.5. The van der Waals surface area contributed by atoms with Crippen molar-refractivity contribution in [3.8, 4) is 23.0 Å². The molecule has 0 amide bonds. The van der Waals surface area contributed by atoms with E-state index in [1.54, 1.807) is 36.5 Å². The number of alkyl halides is 2. The molecule has 0 saturated heterocycles. The van der Waals surface area contributed by atoms with E-state index in [-0.39, 0.29) is 96.1 Å². The average molecular weight is 1690 g/mol. The third kappa shape index (κ3) is 14.7. The van der Waals surface area contributed by atoms with Crippen LogP contribution in [0.4, 0.5) is 40.8 Å². The normalized spacial score (nSPS) is 27.7. The fraction of sp³-hybridized carbons (Fsp3) is 0.246. The molecule has 7 aromatic rings. The van der Waals surface area contributed by atoms with Crippen molar-refractivity contribution in [2.75, 3.05) is 4.90 Å². The largest absolute Gasteiger partial charge is 0.489 e. The van der Waals surface area contributed by atoms with Gasteiger partial charge in [-0.1, -0.05) is 214 Å². The van der Waals surface area contributed by atoms with Crippen LogP contribution in [0.15, 0.2) is 396 Å². The van der Waals surface area contributed by atoms with Crippen molar-refractivity contribution in [1.82, 2.24) is 4.90 Å². The van der Waals surface area contributed by atoms with E-state index in [9.17, 15) is 8.78 Å². The summed E-state index contributed by atoms with van der Waals surface area (Å²) in [4.78, 5) is 3.94. The Hall–Kier alpha value is -12.7. The minimum Gasteiger partial charge on any atom is -0.489 e. The number of ether oxygens (including phenoxy) is 3. The Bertz CT molecular complexity index is 6370. The third-order valence-electron chi connectivity index (χ3n) is 29.2. The number of hydrogen-bond acceptors (Lipinski definition) is 5. The van der Waals surface area contributed by atoms with Crippen LogP contribution in [-0.4, -0.2) is 35.4 Å². The summed E-state index contributed by atoms with van der Waals surface area (Å²) >= 11 is 0. The Morgan fingerprint density at radius 3 is 1.97 bits per heavy atom. The Morgan fingerprint density at radius 2 is 1.26 bits per heavy atom. The van der Waals surface area contributed by atoms with Crippen molar-refractivity contribution in [1.29, 1.82) is 0 Å². The van der Waals surface area contributed by atoms with Gasteiger partial charge < -0.3 is 24.0 Å². The molecule has 636 valence electrons. The average Bonchev–Trinajstić information content (AvgIpc) is 1.54. The van der Waals surface area contributed by atoms with Crippen molar-refractivity contribution in [3.63, 3.8) is 0 Å². The highest BCUT2D eigenvalue weighted by molar-refractivity contribution is 5.86. The lowest BCUT2D eigenvalue weighted by Gasteiger charge is -2.46. The Kier molecular flexibility index (Phi) is 21.5. The molecule has 0 spiro atoms. The Balaban J connectivity index is 0.594. The number of fused-ring (bicyclic) bond motifs is 8. The highest BCUT2D eigenvalue weighted by Gasteiger charge is 2.56. The lowest BCUT2D eigenvalue weighted by molar-refractivity contribution is 0.154. The van der Waals surface area contributed by atoms with E-state index in [1.807, 2.05) is 94.7 Å². The van der Waals surface area contributed by atoms with Crippen molar-refractivity contribution in [3.05, 3.63) is 458 Å². The quantitative estimate of drug-likeness (QED) is 0.0561. The molecule has 0 aromatic heterocycles. The van der Waals surface area contributed by atoms with Crippen LogP contribution in [0.5, 0.6) is 23.0 Å². The molecular weight excluding hydrogens is 1600 g/mol. The molecule has 14 aliphatic rings. The van der Waals surface area contributed by atoms with Crippen LogP contribution in [0.25, 0.3) is 23.3 Å². The first kappa shape index (κ1) is 81.3. The molecule has 13 atom stereocenters. The van der Waals surface area contributed by atoms with Gasteiger partial charge >= 0.3 is 0 Å². The molecule has 0 bridgehead atoms. The lowest BCUT2D eigenvalue weighted by atomic mass is 9.56. The molecule has 13 unspecified atom stereocenters. The Labute approximate surface area is 737 Å². The van der Waals surface area contributed by atoms with Crippen molar-refractivity contribution < 1.29 is 49.3 Å². The van der Waals surface area contributed by atoms with E-state index in [4.69, 9.17) is 14.2 Å². The smallest absolute Gasteiger partial charge is 0.144 e. The monoisotopic (exact) mass is 1690 g/mol. The SMILES string of the molecule is C=Cc1ccc(OC2=CCC(C3(C4C=CC(F)=CC4)C4=C(CCC(C5=CC=C(N(c6ccc7c(c6)OC6CC(N(C8=CCC(c9ccc%10c(c9)C(C9=CCC(F)C=C9)(c9ccc(Oc%11ccc(C=C)cc%11)cc9)C9C=CC=CC%109)CC8)C8=CC(F)=C(C9=CC=C(F)CC9)CC8F)C=CC76)C6CC(F)=C(c7ccc(F)cc7)C=C6F)CC5)=C4)c4ccccc43)C=C2)cc1. The maximum Gasteiger partial charge on any atom is 0.144 e. The second kappa shape index (κ2) is 33.6. The summed E-state index contributed by atoms with van der Waals surface area (Å²) in [5, 5.41) is 0. The topological polar surface area (TPSA) is 34.2 Å². The summed E-state index contributed by atoms with van der Waals surface area (Å²) in [7, 11) is 0. The van der Waals surface area contributed by atoms with Crippen molar-refractivity contribution in [2.45, 2.75) is 155 Å². The number of hydrogen-bond donors (Lipinski definition) is 0. The third-order valence-corrected chi connectivity index (χ3v) is 29.2. The first-order chi connectivity index (χ1) is 62.0. The van der Waals surface area contributed by atoms with Crippen LogP contribution in [0.2, 0.25) is 0 Å². The first-order valence-electron chi connectivity index (χ1n) is 44.9. The van der Waals surface area contributed by atoms with Gasteiger partial charge in [0.05, 0.1) is 23.2 Å². The van der Waals surface area contributed by atoms with E-state index in [0.717, 1.165) is 74.7 Å². The van der Waals surface area contributed by atoms with Crippen LogP contribution >= 0.6 is 0 Å². The van der Waals surface area contributed by atoms with Crippen LogP contribution in [0.3, 0.4) is 0 Å². The first-order valence-corrected chi connectivity index (χ1v) is 44.9. The summed E-state index contributed by atoms with van der Waals surface area (Å²) in [6.45, 7) is 7.81. The predicted molar refractivity (Wildman–Crippen MR) is 493 cm³/mol. The Morgan fingerprint density at radius 1 is 0.528 bits per heavy atom. The molecule has 0 fully saturated rings. The molecule has 1 heterocycles. The van der Waals surface area contributed by atoms with Crippen LogP contribution in [0.1, 0.15) is 170 Å². The van der Waals surface area contributed by atoms with E-state index in [1.165, 1.54) is 81.5 Å². The van der Waals surface area contributed by atoms with Gasteiger partial charge in [0.2, 0.25) is 0 Å². The van der Waals surface area contributed by atoms with E-state index < -0.39 is 64.7 Å². The minimum absolute atomic E-state index is 0.0212. The van der Waals surface area contributed by atoms with E-state index >= 15 is 26.3 Å². The van der Waals surface area contributed by atoms with E-state index in [2.05, 4.69) is 159 Å². The van der Waals surface area contributed by atoms with Gasteiger partial charge in [0, 0.05) is 89.6 Å². The molecule has 13 aliphatic carbocycles. The number of allylic oxidation sites excluding steroid dienone is 35. The maximum atomic E-state index is 17.9. The number of rotatable bonds is 20. The van der Waals surface area contributed by atoms with Gasteiger partial charge in [-0.2, -0.15) is 0 Å². The zero-order chi connectivity index (χ0) is 86.3. The van der Waals surface area contributed by atoms with Crippen molar-refractivity contribution in [2.24, 2.45) is 17.8 Å². The summed E-state index contributed by atoms with van der Waals surface area (Å²) in [6, 6.07) is 49.4. The van der Waals surface area contributed by atoms with Crippen LogP contribution in [-0.2, 0) is 10.8 Å². The summed E-state index contributed by atoms with van der Waals surface area (Å²) < 4.78 is 149. The van der Waals surface area contributed by atoms with Gasteiger partial charge in [-0.3, -0.25) is 0 Å². The minimum atomic E-state index is -1.61. The fourth-order valence-corrected chi connectivity index (χ4v) is 23.1. The van der Waals surface area contributed by atoms with Gasteiger partial charge in [-0.15, -0.1) is 0 Å². The highest BCUT2D eigenvalue weighted by atomic mass is 19.2. The second-order valence-electron chi connectivity index (χ2n) is 35.9. The van der Waals surface area contributed by atoms with Crippen molar-refractivity contribution >= 4 is 29.0 Å². The zero-order valence-electron chi connectivity index (χ0n) is 70.5. The van der Waals surface area contributed by atoms with Gasteiger partial charge in [0.15, 0.2) is 0 Å². The number of nitrogens with zero attached hydrogens (tertiary/aromatic N) is 2. The molecular formula is C114H96F8N2O3. The molecule has 1 aliphatic heterocycles. The lowest BCUT2D eigenvalue weighted by Crippen LogP contribution is -2.42. The van der Waals surface area contributed by atoms with Gasteiger partial charge in [-0.05, 0) is 274 Å². The van der Waals surface area contributed by atoms with Gasteiger partial charge in [-0.25, -0.2) is 35.1 Å². The molecule has 5 nitrogen and oxygen atoms in total. The summed E-state index contributed by atoms with van der Waals surface area (Å²) in [5.74, 6) is 0.492. The molecule has 0 N–H and O–H groups in total. The second-order valence-corrected chi connectivity index (χ2v) is 35.9. The predicted octanol–water partition coefficient (Wildman–Crippen LogP) is 29.8. The fourth-order valence-electron chi connectivity index (χ4n) is 23.1. The van der Waals surface area contributed by atoms with Crippen LogP contribution < -0.4 is 19.1 Å².